The van der Waals surface area contributed by atoms with Crippen LogP contribution in [0.25, 0.3) is 0 Å². The van der Waals surface area contributed by atoms with Crippen LogP contribution in [-0.2, 0) is 19.2 Å². The van der Waals surface area contributed by atoms with Crippen molar-refractivity contribution in [1.82, 2.24) is 9.97 Å². The number of H-pyrrole nitrogens is 1. The number of hydrogen-bond donors (Lipinski definition) is 3. The monoisotopic (exact) mass is 434 g/mol. The van der Waals surface area contributed by atoms with Gasteiger partial charge in [-0.1, -0.05) is 37.5 Å². The highest BCUT2D eigenvalue weighted by atomic mass is 32.2. The normalized spacial score (nSPS) is 19.8. The number of aliphatic imine (C=N–C) groups is 1. The van der Waals surface area contributed by atoms with Crippen molar-refractivity contribution in [3.63, 3.8) is 0 Å². The SMILES string of the molecule is NS(=O)(=O)OCN1c2[nH]cnc2C(OCC2CCCCC2)=NC1Nc1ccccc1. The highest BCUT2D eigenvalue weighted by Gasteiger charge is 2.33. The number of imidazole rings is 1. The van der Waals surface area contributed by atoms with Gasteiger partial charge in [-0.15, -0.1) is 0 Å². The molecule has 1 aromatic heterocycles. The van der Waals surface area contributed by atoms with E-state index in [-0.39, 0.29) is 6.73 Å². The van der Waals surface area contributed by atoms with Gasteiger partial charge in [-0.05, 0) is 30.9 Å². The quantitative estimate of drug-likeness (QED) is 0.607. The second-order valence-corrected chi connectivity index (χ2v) is 8.66. The van der Waals surface area contributed by atoms with E-state index in [9.17, 15) is 8.42 Å². The van der Waals surface area contributed by atoms with Gasteiger partial charge in [-0.2, -0.15) is 8.42 Å². The molecule has 1 unspecified atom stereocenters. The molecule has 0 amide bonds. The van der Waals surface area contributed by atoms with Crippen LogP contribution in [0.2, 0.25) is 0 Å². The molecule has 2 aliphatic rings. The molecule has 2 aromatic rings. The molecule has 162 valence electrons. The predicted octanol–water partition coefficient (Wildman–Crippen LogP) is 2.15. The molecule has 0 radical (unpaired) electrons. The summed E-state index contributed by atoms with van der Waals surface area (Å²) in [5, 5.41) is 8.28. The van der Waals surface area contributed by atoms with Gasteiger partial charge >= 0.3 is 10.3 Å². The first-order valence-electron chi connectivity index (χ1n) is 9.99. The summed E-state index contributed by atoms with van der Waals surface area (Å²) in [5.74, 6) is 1.46. The molecule has 4 N–H and O–H groups in total. The van der Waals surface area contributed by atoms with Gasteiger partial charge in [-0.25, -0.2) is 19.3 Å². The Balaban J connectivity index is 1.58. The minimum atomic E-state index is -4.13. The second-order valence-electron chi connectivity index (χ2n) is 7.44. The lowest BCUT2D eigenvalue weighted by Gasteiger charge is -2.34. The zero-order valence-corrected chi connectivity index (χ0v) is 17.3. The zero-order valence-electron chi connectivity index (χ0n) is 16.5. The Bertz CT molecular complexity index is 972. The Morgan fingerprint density at radius 3 is 2.70 bits per heavy atom. The fourth-order valence-electron chi connectivity index (χ4n) is 3.74. The van der Waals surface area contributed by atoms with E-state index in [1.54, 1.807) is 4.90 Å². The van der Waals surface area contributed by atoms with E-state index in [0.717, 1.165) is 18.5 Å². The fourth-order valence-corrected chi connectivity index (χ4v) is 4.00. The second kappa shape index (κ2) is 9.02. The first kappa shape index (κ1) is 20.6. The summed E-state index contributed by atoms with van der Waals surface area (Å²) in [6.07, 6.45) is 6.88. The average Bonchev–Trinajstić information content (AvgIpc) is 3.22. The topological polar surface area (TPSA) is 135 Å². The molecule has 0 bridgehead atoms. The van der Waals surface area contributed by atoms with E-state index >= 15 is 0 Å². The van der Waals surface area contributed by atoms with Gasteiger partial charge in [0.25, 0.3) is 0 Å². The molecule has 4 rings (SSSR count). The van der Waals surface area contributed by atoms with Crippen molar-refractivity contribution >= 4 is 27.7 Å². The number of hydrogen-bond acceptors (Lipinski definition) is 8. The van der Waals surface area contributed by atoms with Gasteiger partial charge in [-0.3, -0.25) is 4.90 Å². The lowest BCUT2D eigenvalue weighted by Crippen LogP contribution is -2.46. The molecule has 11 heteroatoms. The Kier molecular flexibility index (Phi) is 6.21. The predicted molar refractivity (Wildman–Crippen MR) is 113 cm³/mol. The molecule has 10 nitrogen and oxygen atoms in total. The van der Waals surface area contributed by atoms with E-state index in [4.69, 9.17) is 14.1 Å². The van der Waals surface area contributed by atoms with E-state index in [1.807, 2.05) is 30.3 Å². The molecule has 0 spiro atoms. The number of ether oxygens (including phenoxy) is 1. The maximum atomic E-state index is 11.4. The highest BCUT2D eigenvalue weighted by molar-refractivity contribution is 7.84. The van der Waals surface area contributed by atoms with Crippen LogP contribution >= 0.6 is 0 Å². The maximum absolute atomic E-state index is 11.4. The van der Waals surface area contributed by atoms with Gasteiger partial charge in [0.05, 0.1) is 12.9 Å². The average molecular weight is 435 g/mol. The van der Waals surface area contributed by atoms with Crippen molar-refractivity contribution in [2.75, 3.05) is 23.6 Å². The molecule has 1 aliphatic carbocycles. The number of para-hydroxylation sites is 1. The number of nitrogens with one attached hydrogen (secondary N) is 2. The van der Waals surface area contributed by atoms with Crippen LogP contribution in [-0.4, -0.2) is 43.9 Å². The van der Waals surface area contributed by atoms with Crippen molar-refractivity contribution < 1.29 is 17.3 Å². The molecular weight excluding hydrogens is 408 g/mol. The molecule has 1 aromatic carbocycles. The van der Waals surface area contributed by atoms with Crippen LogP contribution in [0, 0.1) is 5.92 Å². The van der Waals surface area contributed by atoms with E-state index in [0.29, 0.717) is 29.9 Å². The Morgan fingerprint density at radius 1 is 1.20 bits per heavy atom. The molecular formula is C19H26N6O4S. The summed E-state index contributed by atoms with van der Waals surface area (Å²) in [6, 6.07) is 9.46. The lowest BCUT2D eigenvalue weighted by molar-refractivity contribution is 0.197. The first-order chi connectivity index (χ1) is 14.5. The van der Waals surface area contributed by atoms with Crippen LogP contribution in [0.5, 0.6) is 0 Å². The summed E-state index contributed by atoms with van der Waals surface area (Å²) in [4.78, 5) is 13.6. The Morgan fingerprint density at radius 2 is 1.97 bits per heavy atom. The summed E-state index contributed by atoms with van der Waals surface area (Å²) < 4.78 is 33.6. The Labute approximate surface area is 175 Å². The van der Waals surface area contributed by atoms with Gasteiger partial charge in [0, 0.05) is 5.69 Å². The molecule has 1 aliphatic heterocycles. The number of benzene rings is 1. The number of aromatic amines is 1. The first-order valence-corrected chi connectivity index (χ1v) is 11.5. The van der Waals surface area contributed by atoms with Crippen molar-refractivity contribution in [3.05, 3.63) is 42.4 Å². The largest absolute Gasteiger partial charge is 0.476 e. The van der Waals surface area contributed by atoms with Crippen LogP contribution in [0.3, 0.4) is 0 Å². The molecule has 0 saturated heterocycles. The third kappa shape index (κ3) is 5.10. The van der Waals surface area contributed by atoms with Gasteiger partial charge in [0.15, 0.2) is 5.69 Å². The number of anilines is 2. The van der Waals surface area contributed by atoms with Crippen LogP contribution in [0.1, 0.15) is 37.8 Å². The lowest BCUT2D eigenvalue weighted by atomic mass is 9.90. The fraction of sp³-hybridized carbons (Fsp3) is 0.474. The van der Waals surface area contributed by atoms with Gasteiger partial charge in [0.1, 0.15) is 12.5 Å². The van der Waals surface area contributed by atoms with Crippen molar-refractivity contribution in [2.24, 2.45) is 16.0 Å². The molecule has 1 fully saturated rings. The molecule has 1 atom stereocenters. The summed E-state index contributed by atoms with van der Waals surface area (Å²) in [5.41, 5.74) is 1.32. The standard InChI is InChI=1S/C19H26N6O4S/c20-30(26,27)29-13-25-17-16(21-12-22-17)18(28-11-14-7-3-1-4-8-14)24-19(25)23-15-9-5-2-6-10-15/h2,5-6,9-10,12,14,19,23H,1,3-4,7-8,11,13H2,(H,21,22)(H2,20,26,27). The number of nitrogens with two attached hydrogens (primary N) is 1. The zero-order chi connectivity index (χ0) is 21.0. The number of nitrogens with zero attached hydrogens (tertiary/aromatic N) is 3. The van der Waals surface area contributed by atoms with Gasteiger partial charge < -0.3 is 15.0 Å². The molecule has 1 saturated carbocycles. The number of fused-ring (bicyclic) bond motifs is 1. The van der Waals surface area contributed by atoms with E-state index in [1.165, 1.54) is 25.6 Å². The Hall–Kier alpha value is -2.63. The van der Waals surface area contributed by atoms with Crippen LogP contribution < -0.4 is 15.4 Å². The molecule has 2 heterocycles. The molecule has 30 heavy (non-hydrogen) atoms. The van der Waals surface area contributed by atoms with Crippen molar-refractivity contribution in [1.29, 1.82) is 0 Å². The van der Waals surface area contributed by atoms with E-state index in [2.05, 4.69) is 20.3 Å². The van der Waals surface area contributed by atoms with E-state index < -0.39 is 16.6 Å². The van der Waals surface area contributed by atoms with Crippen LogP contribution in [0.15, 0.2) is 41.7 Å². The van der Waals surface area contributed by atoms with Crippen LogP contribution in [0.4, 0.5) is 11.5 Å². The summed E-state index contributed by atoms with van der Waals surface area (Å²) in [6.45, 7) is 0.245. The smallest absolute Gasteiger partial charge is 0.335 e. The minimum absolute atomic E-state index is 0.335. The maximum Gasteiger partial charge on any atom is 0.335 e. The van der Waals surface area contributed by atoms with Gasteiger partial charge in [0.2, 0.25) is 12.2 Å². The minimum Gasteiger partial charge on any atom is -0.476 e. The van der Waals surface area contributed by atoms with Crippen molar-refractivity contribution in [2.45, 2.75) is 38.4 Å². The van der Waals surface area contributed by atoms with Crippen molar-refractivity contribution in [3.8, 4) is 0 Å². The number of rotatable bonds is 7. The summed E-state index contributed by atoms with van der Waals surface area (Å²) in [7, 11) is -4.13. The number of aromatic nitrogens is 2. The third-order valence-corrected chi connectivity index (χ3v) is 5.68. The third-order valence-electron chi connectivity index (χ3n) is 5.25. The summed E-state index contributed by atoms with van der Waals surface area (Å²) >= 11 is 0. The highest BCUT2D eigenvalue weighted by Crippen LogP contribution is 2.29.